The normalized spacial score (nSPS) is 14.8. The lowest BCUT2D eigenvalue weighted by Crippen LogP contribution is -2.41. The van der Waals surface area contributed by atoms with Gasteiger partial charge in [0.15, 0.2) is 5.82 Å². The SMILES string of the molecule is O=S(=O)(Cc1ccccc1CNc1nc(-c2ccccc2)nc2ccccc12)N1CCOCC1. The number of morpholine rings is 1. The second-order valence-electron chi connectivity index (χ2n) is 8.17. The van der Waals surface area contributed by atoms with Gasteiger partial charge in [-0.25, -0.2) is 18.4 Å². The van der Waals surface area contributed by atoms with Gasteiger partial charge >= 0.3 is 0 Å². The van der Waals surface area contributed by atoms with Gasteiger partial charge in [-0.3, -0.25) is 0 Å². The zero-order chi connectivity index (χ0) is 23.4. The van der Waals surface area contributed by atoms with E-state index in [0.717, 1.165) is 33.4 Å². The third-order valence-corrected chi connectivity index (χ3v) is 7.73. The van der Waals surface area contributed by atoms with E-state index in [4.69, 9.17) is 14.7 Å². The van der Waals surface area contributed by atoms with Crippen LogP contribution in [0.1, 0.15) is 11.1 Å². The molecule has 1 aliphatic rings. The van der Waals surface area contributed by atoms with Crippen molar-refractivity contribution in [1.82, 2.24) is 14.3 Å². The largest absolute Gasteiger partial charge is 0.379 e. The molecule has 3 aromatic carbocycles. The highest BCUT2D eigenvalue weighted by Crippen LogP contribution is 2.26. The number of para-hydroxylation sites is 1. The number of anilines is 1. The van der Waals surface area contributed by atoms with E-state index in [0.29, 0.717) is 38.7 Å². The zero-order valence-corrected chi connectivity index (χ0v) is 19.5. The second-order valence-corrected chi connectivity index (χ2v) is 10.1. The van der Waals surface area contributed by atoms with Crippen molar-refractivity contribution in [2.75, 3.05) is 31.6 Å². The maximum absolute atomic E-state index is 13.0. The minimum atomic E-state index is -3.42. The summed E-state index contributed by atoms with van der Waals surface area (Å²) in [6.07, 6.45) is 0. The number of hydrogen-bond acceptors (Lipinski definition) is 6. The molecule has 0 amide bonds. The van der Waals surface area contributed by atoms with Crippen LogP contribution in [0.5, 0.6) is 0 Å². The minimum Gasteiger partial charge on any atom is -0.379 e. The van der Waals surface area contributed by atoms with Crippen molar-refractivity contribution in [2.45, 2.75) is 12.3 Å². The fraction of sp³-hybridized carbons (Fsp3) is 0.231. The third-order valence-electron chi connectivity index (χ3n) is 5.90. The predicted octanol–water partition coefficient (Wildman–Crippen LogP) is 4.07. The van der Waals surface area contributed by atoms with Crippen LogP contribution in [0.15, 0.2) is 78.9 Å². The Morgan fingerprint density at radius 2 is 1.50 bits per heavy atom. The number of hydrogen-bond donors (Lipinski definition) is 1. The van der Waals surface area contributed by atoms with Crippen LogP contribution in [0.2, 0.25) is 0 Å². The number of fused-ring (bicyclic) bond motifs is 1. The van der Waals surface area contributed by atoms with Crippen LogP contribution in [-0.2, 0) is 27.1 Å². The summed E-state index contributed by atoms with van der Waals surface area (Å²) in [6, 6.07) is 25.4. The van der Waals surface area contributed by atoms with Crippen molar-refractivity contribution < 1.29 is 13.2 Å². The summed E-state index contributed by atoms with van der Waals surface area (Å²) in [5.74, 6) is 1.32. The molecule has 1 fully saturated rings. The molecule has 2 heterocycles. The van der Waals surface area contributed by atoms with Gasteiger partial charge in [-0.2, -0.15) is 4.31 Å². The molecule has 0 saturated carbocycles. The first-order valence-corrected chi connectivity index (χ1v) is 12.9. The molecule has 1 aliphatic heterocycles. The Hall–Kier alpha value is -3.33. The molecule has 0 unspecified atom stereocenters. The lowest BCUT2D eigenvalue weighted by molar-refractivity contribution is 0.0729. The number of benzene rings is 3. The highest BCUT2D eigenvalue weighted by atomic mass is 32.2. The first kappa shape index (κ1) is 22.5. The van der Waals surface area contributed by atoms with Crippen molar-refractivity contribution in [3.8, 4) is 11.4 Å². The van der Waals surface area contributed by atoms with Gasteiger partial charge in [0.25, 0.3) is 0 Å². The average molecular weight is 475 g/mol. The monoisotopic (exact) mass is 474 g/mol. The van der Waals surface area contributed by atoms with Gasteiger partial charge in [0.05, 0.1) is 24.5 Å². The molecule has 0 atom stereocenters. The molecule has 4 aromatic rings. The summed E-state index contributed by atoms with van der Waals surface area (Å²) >= 11 is 0. The Labute approximate surface area is 199 Å². The highest BCUT2D eigenvalue weighted by Gasteiger charge is 2.25. The maximum atomic E-state index is 13.0. The van der Waals surface area contributed by atoms with Crippen molar-refractivity contribution in [2.24, 2.45) is 0 Å². The Morgan fingerprint density at radius 3 is 2.29 bits per heavy atom. The quantitative estimate of drug-likeness (QED) is 0.435. The fourth-order valence-electron chi connectivity index (χ4n) is 4.09. The molecule has 1 N–H and O–H groups in total. The number of nitrogens with one attached hydrogen (secondary N) is 1. The first-order valence-electron chi connectivity index (χ1n) is 11.3. The smallest absolute Gasteiger partial charge is 0.218 e. The number of sulfonamides is 1. The number of ether oxygens (including phenoxy) is 1. The van der Waals surface area contributed by atoms with Gasteiger partial charge in [-0.05, 0) is 23.3 Å². The summed E-state index contributed by atoms with van der Waals surface area (Å²) in [4.78, 5) is 9.53. The average Bonchev–Trinajstić information content (AvgIpc) is 2.89. The zero-order valence-electron chi connectivity index (χ0n) is 18.7. The Kier molecular flexibility index (Phi) is 6.53. The topological polar surface area (TPSA) is 84.4 Å². The van der Waals surface area contributed by atoms with E-state index in [1.165, 1.54) is 4.31 Å². The summed E-state index contributed by atoms with van der Waals surface area (Å²) in [6.45, 7) is 2.12. The number of aromatic nitrogens is 2. The van der Waals surface area contributed by atoms with E-state index in [-0.39, 0.29) is 5.75 Å². The van der Waals surface area contributed by atoms with Crippen molar-refractivity contribution in [1.29, 1.82) is 0 Å². The van der Waals surface area contributed by atoms with Crippen LogP contribution in [-0.4, -0.2) is 49.0 Å². The molecule has 174 valence electrons. The summed E-state index contributed by atoms with van der Waals surface area (Å²) in [5, 5.41) is 4.36. The van der Waals surface area contributed by atoms with Crippen LogP contribution in [0.3, 0.4) is 0 Å². The molecule has 0 radical (unpaired) electrons. The minimum absolute atomic E-state index is 0.0371. The van der Waals surface area contributed by atoms with Gasteiger partial charge < -0.3 is 10.1 Å². The van der Waals surface area contributed by atoms with Crippen molar-refractivity contribution in [3.05, 3.63) is 90.0 Å². The van der Waals surface area contributed by atoms with Crippen LogP contribution in [0.4, 0.5) is 5.82 Å². The van der Waals surface area contributed by atoms with Gasteiger partial charge in [0.1, 0.15) is 5.82 Å². The number of rotatable bonds is 7. The molecule has 1 saturated heterocycles. The van der Waals surface area contributed by atoms with Gasteiger partial charge in [-0.1, -0.05) is 66.7 Å². The highest BCUT2D eigenvalue weighted by molar-refractivity contribution is 7.88. The molecular weight excluding hydrogens is 448 g/mol. The molecule has 34 heavy (non-hydrogen) atoms. The Morgan fingerprint density at radius 1 is 0.824 bits per heavy atom. The van der Waals surface area contributed by atoms with E-state index in [9.17, 15) is 8.42 Å². The standard InChI is InChI=1S/C26H26N4O3S/c31-34(32,30-14-16-33-17-15-30)19-22-11-5-4-10-21(22)18-27-26-23-12-6-7-13-24(23)28-25(29-26)20-8-2-1-3-9-20/h1-13H,14-19H2,(H,27,28,29). The van der Waals surface area contributed by atoms with Gasteiger partial charge in [-0.15, -0.1) is 0 Å². The molecule has 0 aliphatic carbocycles. The summed E-state index contributed by atoms with van der Waals surface area (Å²) < 4.78 is 32.8. The van der Waals surface area contributed by atoms with Crippen LogP contribution >= 0.6 is 0 Å². The van der Waals surface area contributed by atoms with E-state index >= 15 is 0 Å². The molecule has 0 bridgehead atoms. The predicted molar refractivity (Wildman–Crippen MR) is 134 cm³/mol. The van der Waals surface area contributed by atoms with E-state index < -0.39 is 10.0 Å². The summed E-state index contributed by atoms with van der Waals surface area (Å²) in [5.41, 5.74) is 3.49. The van der Waals surface area contributed by atoms with E-state index in [1.807, 2.05) is 78.9 Å². The maximum Gasteiger partial charge on any atom is 0.218 e. The first-order chi connectivity index (χ1) is 16.6. The molecule has 8 heteroatoms. The van der Waals surface area contributed by atoms with Crippen LogP contribution in [0, 0.1) is 0 Å². The molecule has 0 spiro atoms. The molecular formula is C26H26N4O3S. The Bertz CT molecular complexity index is 1390. The van der Waals surface area contributed by atoms with E-state index in [1.54, 1.807) is 0 Å². The van der Waals surface area contributed by atoms with Crippen molar-refractivity contribution in [3.63, 3.8) is 0 Å². The number of nitrogens with zero attached hydrogens (tertiary/aromatic N) is 3. The van der Waals surface area contributed by atoms with Crippen molar-refractivity contribution >= 4 is 26.7 Å². The molecule has 5 rings (SSSR count). The molecule has 1 aromatic heterocycles. The van der Waals surface area contributed by atoms with E-state index in [2.05, 4.69) is 5.32 Å². The fourth-order valence-corrected chi connectivity index (χ4v) is 5.65. The lowest BCUT2D eigenvalue weighted by atomic mass is 10.1. The third kappa shape index (κ3) is 4.94. The lowest BCUT2D eigenvalue weighted by Gasteiger charge is -2.26. The molecule has 7 nitrogen and oxygen atoms in total. The van der Waals surface area contributed by atoms with Crippen LogP contribution < -0.4 is 5.32 Å². The van der Waals surface area contributed by atoms with Gasteiger partial charge in [0.2, 0.25) is 10.0 Å². The summed E-state index contributed by atoms with van der Waals surface area (Å²) in [7, 11) is -3.42. The Balaban J connectivity index is 1.42. The van der Waals surface area contributed by atoms with Gasteiger partial charge in [0, 0.05) is 30.6 Å². The second kappa shape index (κ2) is 9.89. The van der Waals surface area contributed by atoms with Crippen LogP contribution in [0.25, 0.3) is 22.3 Å².